The summed E-state index contributed by atoms with van der Waals surface area (Å²) >= 11 is 0. The van der Waals surface area contributed by atoms with E-state index in [9.17, 15) is 4.79 Å². The molecular weight excluding hydrogens is 236 g/mol. The SMILES string of the molecule is CCN1CCN(C(=O)C2=CC3=C(CCCC3)C2)CC1. The molecule has 0 aromatic rings. The van der Waals surface area contributed by atoms with Gasteiger partial charge in [-0.15, -0.1) is 0 Å². The summed E-state index contributed by atoms with van der Waals surface area (Å²) in [6.07, 6.45) is 8.14. The molecule has 3 aliphatic rings. The Bertz CT molecular complexity index is 428. The zero-order valence-electron chi connectivity index (χ0n) is 12.0. The van der Waals surface area contributed by atoms with Gasteiger partial charge in [0.05, 0.1) is 0 Å². The lowest BCUT2D eigenvalue weighted by atomic mass is 9.93. The van der Waals surface area contributed by atoms with E-state index in [1.165, 1.54) is 31.3 Å². The highest BCUT2D eigenvalue weighted by Crippen LogP contribution is 2.36. The van der Waals surface area contributed by atoms with Gasteiger partial charge in [0, 0.05) is 31.8 Å². The Morgan fingerprint density at radius 1 is 1.16 bits per heavy atom. The molecule has 19 heavy (non-hydrogen) atoms. The molecule has 0 aromatic carbocycles. The molecule has 2 aliphatic carbocycles. The molecule has 0 radical (unpaired) electrons. The molecule has 0 N–H and O–H groups in total. The molecule has 1 fully saturated rings. The number of piperazine rings is 1. The topological polar surface area (TPSA) is 23.6 Å². The van der Waals surface area contributed by atoms with Crippen molar-refractivity contribution < 1.29 is 4.79 Å². The summed E-state index contributed by atoms with van der Waals surface area (Å²) in [5, 5.41) is 0. The van der Waals surface area contributed by atoms with E-state index in [2.05, 4.69) is 22.8 Å². The lowest BCUT2D eigenvalue weighted by Crippen LogP contribution is -2.48. The Kier molecular flexibility index (Phi) is 3.74. The van der Waals surface area contributed by atoms with Crippen molar-refractivity contribution in [2.45, 2.75) is 39.0 Å². The second-order valence-electron chi connectivity index (χ2n) is 5.91. The van der Waals surface area contributed by atoms with Crippen LogP contribution in [0.4, 0.5) is 0 Å². The Morgan fingerprint density at radius 2 is 1.89 bits per heavy atom. The lowest BCUT2D eigenvalue weighted by Gasteiger charge is -2.34. The number of likely N-dealkylation sites (N-methyl/N-ethyl adjacent to an activating group) is 1. The first kappa shape index (κ1) is 12.9. The highest BCUT2D eigenvalue weighted by molar-refractivity contribution is 5.95. The van der Waals surface area contributed by atoms with Crippen molar-refractivity contribution in [1.29, 1.82) is 0 Å². The van der Waals surface area contributed by atoms with Crippen molar-refractivity contribution in [2.75, 3.05) is 32.7 Å². The maximum Gasteiger partial charge on any atom is 0.250 e. The van der Waals surface area contributed by atoms with Gasteiger partial charge in [-0.25, -0.2) is 0 Å². The van der Waals surface area contributed by atoms with Crippen molar-refractivity contribution in [2.24, 2.45) is 0 Å². The summed E-state index contributed by atoms with van der Waals surface area (Å²) in [5.41, 5.74) is 4.07. The van der Waals surface area contributed by atoms with Gasteiger partial charge in [-0.1, -0.05) is 18.6 Å². The third kappa shape index (κ3) is 2.62. The standard InChI is InChI=1S/C16H24N2O/c1-2-17-7-9-18(10-8-17)16(19)15-11-13-5-3-4-6-14(13)12-15/h11H,2-10,12H2,1H3. The van der Waals surface area contributed by atoms with Crippen molar-refractivity contribution in [1.82, 2.24) is 9.80 Å². The Hall–Kier alpha value is -1.09. The molecule has 3 rings (SSSR count). The number of rotatable bonds is 2. The molecule has 0 saturated carbocycles. The summed E-state index contributed by atoms with van der Waals surface area (Å²) in [7, 11) is 0. The summed E-state index contributed by atoms with van der Waals surface area (Å²) in [6.45, 7) is 7.14. The second kappa shape index (κ2) is 5.49. The van der Waals surface area contributed by atoms with Crippen molar-refractivity contribution in [3.05, 3.63) is 22.8 Å². The summed E-state index contributed by atoms with van der Waals surface area (Å²) in [4.78, 5) is 17.0. The largest absolute Gasteiger partial charge is 0.336 e. The number of carbonyl (C=O) groups excluding carboxylic acids is 1. The monoisotopic (exact) mass is 260 g/mol. The fourth-order valence-electron chi connectivity index (χ4n) is 3.47. The minimum atomic E-state index is 0.296. The van der Waals surface area contributed by atoms with Gasteiger partial charge in [-0.3, -0.25) is 4.79 Å². The fourth-order valence-corrected chi connectivity index (χ4v) is 3.47. The van der Waals surface area contributed by atoms with Crippen LogP contribution in [0.15, 0.2) is 22.8 Å². The summed E-state index contributed by atoms with van der Waals surface area (Å²) in [6, 6.07) is 0. The van der Waals surface area contributed by atoms with E-state index in [4.69, 9.17) is 0 Å². The van der Waals surface area contributed by atoms with E-state index in [-0.39, 0.29) is 0 Å². The number of nitrogens with zero attached hydrogens (tertiary/aromatic N) is 2. The molecule has 0 unspecified atom stereocenters. The average molecular weight is 260 g/mol. The van der Waals surface area contributed by atoms with E-state index in [1.54, 1.807) is 5.57 Å². The molecule has 1 aliphatic heterocycles. The van der Waals surface area contributed by atoms with Crippen LogP contribution in [-0.4, -0.2) is 48.4 Å². The molecule has 0 spiro atoms. The van der Waals surface area contributed by atoms with Crippen LogP contribution in [0.2, 0.25) is 0 Å². The molecule has 1 saturated heterocycles. The number of hydrogen-bond donors (Lipinski definition) is 0. The highest BCUT2D eigenvalue weighted by atomic mass is 16.2. The van der Waals surface area contributed by atoms with Gasteiger partial charge in [0.25, 0.3) is 0 Å². The minimum absolute atomic E-state index is 0.296. The van der Waals surface area contributed by atoms with Gasteiger partial charge in [0.15, 0.2) is 0 Å². The Balaban J connectivity index is 1.60. The Morgan fingerprint density at radius 3 is 2.58 bits per heavy atom. The van der Waals surface area contributed by atoms with Gasteiger partial charge in [0.1, 0.15) is 0 Å². The normalized spacial score (nSPS) is 24.5. The molecule has 104 valence electrons. The molecule has 1 amide bonds. The number of allylic oxidation sites excluding steroid dienone is 3. The molecule has 3 nitrogen and oxygen atoms in total. The molecule has 0 bridgehead atoms. The predicted octanol–water partition coefficient (Wildman–Crippen LogP) is 2.35. The van der Waals surface area contributed by atoms with Crippen molar-refractivity contribution in [3.63, 3.8) is 0 Å². The molecular formula is C16H24N2O. The van der Waals surface area contributed by atoms with E-state index in [1.807, 2.05) is 0 Å². The van der Waals surface area contributed by atoms with Gasteiger partial charge in [-0.05, 0) is 44.2 Å². The third-order valence-corrected chi connectivity index (χ3v) is 4.76. The number of carbonyl (C=O) groups is 1. The van der Waals surface area contributed by atoms with Crippen LogP contribution in [-0.2, 0) is 4.79 Å². The van der Waals surface area contributed by atoms with E-state index >= 15 is 0 Å². The fraction of sp³-hybridized carbons (Fsp3) is 0.688. The molecule has 0 atom stereocenters. The van der Waals surface area contributed by atoms with E-state index in [0.717, 1.165) is 44.7 Å². The van der Waals surface area contributed by atoms with Crippen LogP contribution in [0.25, 0.3) is 0 Å². The smallest absolute Gasteiger partial charge is 0.250 e. The van der Waals surface area contributed by atoms with Crippen LogP contribution in [0.1, 0.15) is 39.0 Å². The van der Waals surface area contributed by atoms with Gasteiger partial charge < -0.3 is 9.80 Å². The zero-order valence-corrected chi connectivity index (χ0v) is 12.0. The van der Waals surface area contributed by atoms with Gasteiger partial charge >= 0.3 is 0 Å². The first-order chi connectivity index (χ1) is 9.28. The first-order valence-electron chi connectivity index (χ1n) is 7.71. The maximum atomic E-state index is 12.6. The quantitative estimate of drug-likeness (QED) is 0.761. The number of hydrogen-bond acceptors (Lipinski definition) is 2. The van der Waals surface area contributed by atoms with E-state index in [0.29, 0.717) is 5.91 Å². The zero-order chi connectivity index (χ0) is 13.2. The van der Waals surface area contributed by atoms with Crippen LogP contribution in [0, 0.1) is 0 Å². The molecule has 3 heteroatoms. The van der Waals surface area contributed by atoms with Gasteiger partial charge in [0.2, 0.25) is 5.91 Å². The maximum absolute atomic E-state index is 12.6. The van der Waals surface area contributed by atoms with Crippen LogP contribution in [0.5, 0.6) is 0 Å². The lowest BCUT2D eigenvalue weighted by molar-refractivity contribution is -0.128. The van der Waals surface area contributed by atoms with Gasteiger partial charge in [-0.2, -0.15) is 0 Å². The van der Waals surface area contributed by atoms with Crippen LogP contribution < -0.4 is 0 Å². The predicted molar refractivity (Wildman–Crippen MR) is 76.9 cm³/mol. The molecule has 0 aromatic heterocycles. The van der Waals surface area contributed by atoms with Crippen LogP contribution >= 0.6 is 0 Å². The van der Waals surface area contributed by atoms with Crippen LogP contribution in [0.3, 0.4) is 0 Å². The van der Waals surface area contributed by atoms with E-state index < -0.39 is 0 Å². The first-order valence-corrected chi connectivity index (χ1v) is 7.71. The second-order valence-corrected chi connectivity index (χ2v) is 5.91. The third-order valence-electron chi connectivity index (χ3n) is 4.76. The molecule has 1 heterocycles. The number of amides is 1. The highest BCUT2D eigenvalue weighted by Gasteiger charge is 2.27. The average Bonchev–Trinajstić information content (AvgIpc) is 2.90. The summed E-state index contributed by atoms with van der Waals surface area (Å²) in [5.74, 6) is 0.296. The van der Waals surface area contributed by atoms with Crippen molar-refractivity contribution in [3.8, 4) is 0 Å². The Labute approximate surface area is 115 Å². The minimum Gasteiger partial charge on any atom is -0.336 e. The summed E-state index contributed by atoms with van der Waals surface area (Å²) < 4.78 is 0. The van der Waals surface area contributed by atoms with Crippen molar-refractivity contribution >= 4 is 5.91 Å².